The van der Waals surface area contributed by atoms with Gasteiger partial charge in [0.1, 0.15) is 0 Å². The molecule has 2 unspecified atom stereocenters. The van der Waals surface area contributed by atoms with Gasteiger partial charge in [-0.15, -0.1) is 0 Å². The van der Waals surface area contributed by atoms with Crippen molar-refractivity contribution in [3.63, 3.8) is 0 Å². The standard InChI is InChI=1S/C12H26N2S/c1-10(2)14-8-6-12(9-14)13-7-5-11(3)15-4/h10-13H,5-9H2,1-4H3. The Morgan fingerprint density at radius 3 is 2.67 bits per heavy atom. The van der Waals surface area contributed by atoms with Crippen molar-refractivity contribution in [2.75, 3.05) is 25.9 Å². The van der Waals surface area contributed by atoms with Crippen molar-refractivity contribution in [3.8, 4) is 0 Å². The molecule has 15 heavy (non-hydrogen) atoms. The topological polar surface area (TPSA) is 15.3 Å². The molecule has 0 radical (unpaired) electrons. The second-order valence-corrected chi connectivity index (χ2v) is 6.14. The van der Waals surface area contributed by atoms with Gasteiger partial charge in [0, 0.05) is 23.9 Å². The van der Waals surface area contributed by atoms with Crippen LogP contribution in [-0.4, -0.2) is 48.1 Å². The fourth-order valence-electron chi connectivity index (χ4n) is 2.03. The van der Waals surface area contributed by atoms with Gasteiger partial charge in [0.15, 0.2) is 0 Å². The molecule has 1 fully saturated rings. The number of rotatable bonds is 6. The maximum atomic E-state index is 3.68. The molecular weight excluding hydrogens is 204 g/mol. The number of likely N-dealkylation sites (tertiary alicyclic amines) is 1. The third-order valence-electron chi connectivity index (χ3n) is 3.34. The largest absolute Gasteiger partial charge is 0.313 e. The normalized spacial score (nSPS) is 25.0. The molecule has 90 valence electrons. The molecule has 2 atom stereocenters. The highest BCUT2D eigenvalue weighted by atomic mass is 32.2. The van der Waals surface area contributed by atoms with E-state index in [4.69, 9.17) is 0 Å². The minimum absolute atomic E-state index is 0.710. The van der Waals surface area contributed by atoms with Crippen LogP contribution in [0.15, 0.2) is 0 Å². The Labute approximate surface area is 99.2 Å². The first-order chi connectivity index (χ1) is 7.13. The van der Waals surface area contributed by atoms with Crippen LogP contribution in [0.5, 0.6) is 0 Å². The minimum Gasteiger partial charge on any atom is -0.313 e. The highest BCUT2D eigenvalue weighted by Crippen LogP contribution is 2.13. The lowest BCUT2D eigenvalue weighted by Gasteiger charge is -2.20. The Kier molecular flexibility index (Phi) is 6.02. The van der Waals surface area contributed by atoms with Gasteiger partial charge in [-0.1, -0.05) is 6.92 Å². The van der Waals surface area contributed by atoms with Crippen LogP contribution < -0.4 is 5.32 Å². The zero-order chi connectivity index (χ0) is 11.3. The number of thioether (sulfide) groups is 1. The van der Waals surface area contributed by atoms with E-state index < -0.39 is 0 Å². The van der Waals surface area contributed by atoms with Gasteiger partial charge in [-0.3, -0.25) is 4.90 Å². The molecule has 0 amide bonds. The molecule has 1 aliphatic heterocycles. The molecule has 0 aliphatic carbocycles. The molecule has 1 N–H and O–H groups in total. The van der Waals surface area contributed by atoms with Crippen LogP contribution in [0, 0.1) is 0 Å². The molecule has 0 aromatic rings. The van der Waals surface area contributed by atoms with Crippen molar-refractivity contribution < 1.29 is 0 Å². The predicted octanol–water partition coefficient (Wildman–Crippen LogP) is 2.20. The van der Waals surface area contributed by atoms with Crippen molar-refractivity contribution in [1.29, 1.82) is 0 Å². The van der Waals surface area contributed by atoms with Gasteiger partial charge in [-0.2, -0.15) is 11.8 Å². The van der Waals surface area contributed by atoms with E-state index in [1.165, 1.54) is 32.5 Å². The Bertz CT molecular complexity index is 173. The van der Waals surface area contributed by atoms with E-state index in [0.717, 1.165) is 11.3 Å². The van der Waals surface area contributed by atoms with E-state index in [2.05, 4.69) is 37.2 Å². The number of nitrogens with zero attached hydrogens (tertiary/aromatic N) is 1. The zero-order valence-electron chi connectivity index (χ0n) is 10.6. The summed E-state index contributed by atoms with van der Waals surface area (Å²) >= 11 is 1.96. The zero-order valence-corrected chi connectivity index (χ0v) is 11.4. The predicted molar refractivity (Wildman–Crippen MR) is 70.7 cm³/mol. The van der Waals surface area contributed by atoms with Gasteiger partial charge in [0.2, 0.25) is 0 Å². The van der Waals surface area contributed by atoms with Crippen LogP contribution in [0.3, 0.4) is 0 Å². The summed E-state index contributed by atoms with van der Waals surface area (Å²) in [4.78, 5) is 2.57. The van der Waals surface area contributed by atoms with E-state index in [9.17, 15) is 0 Å². The summed E-state index contributed by atoms with van der Waals surface area (Å²) in [6.45, 7) is 10.6. The maximum absolute atomic E-state index is 3.68. The van der Waals surface area contributed by atoms with Crippen molar-refractivity contribution in [2.45, 2.75) is 50.9 Å². The highest BCUT2D eigenvalue weighted by molar-refractivity contribution is 7.99. The van der Waals surface area contributed by atoms with Gasteiger partial charge in [0.25, 0.3) is 0 Å². The van der Waals surface area contributed by atoms with Crippen LogP contribution in [0.1, 0.15) is 33.6 Å². The molecule has 0 aromatic carbocycles. The molecule has 0 spiro atoms. The van der Waals surface area contributed by atoms with E-state index in [-0.39, 0.29) is 0 Å². The van der Waals surface area contributed by atoms with E-state index in [1.54, 1.807) is 0 Å². The van der Waals surface area contributed by atoms with E-state index in [0.29, 0.717) is 6.04 Å². The Hall–Kier alpha value is 0.270. The third-order valence-corrected chi connectivity index (χ3v) is 4.38. The summed E-state index contributed by atoms with van der Waals surface area (Å²) in [5.41, 5.74) is 0. The second-order valence-electron chi connectivity index (χ2n) is 4.86. The highest BCUT2D eigenvalue weighted by Gasteiger charge is 2.23. The summed E-state index contributed by atoms with van der Waals surface area (Å²) < 4.78 is 0. The van der Waals surface area contributed by atoms with Crippen LogP contribution in [0.2, 0.25) is 0 Å². The molecule has 1 aliphatic rings. The Morgan fingerprint density at radius 1 is 1.40 bits per heavy atom. The number of nitrogens with one attached hydrogen (secondary N) is 1. The lowest BCUT2D eigenvalue weighted by molar-refractivity contribution is 0.268. The third kappa shape index (κ3) is 4.75. The fraction of sp³-hybridized carbons (Fsp3) is 1.00. The SMILES string of the molecule is CSC(C)CCNC1CCN(C(C)C)C1. The van der Waals surface area contributed by atoms with Crippen LogP contribution >= 0.6 is 11.8 Å². The van der Waals surface area contributed by atoms with Gasteiger partial charge in [0.05, 0.1) is 0 Å². The lowest BCUT2D eigenvalue weighted by Crippen LogP contribution is -2.36. The first kappa shape index (κ1) is 13.3. The summed E-state index contributed by atoms with van der Waals surface area (Å²) in [6, 6.07) is 1.45. The van der Waals surface area contributed by atoms with E-state index in [1.807, 2.05) is 11.8 Å². The lowest BCUT2D eigenvalue weighted by atomic mass is 10.2. The van der Waals surface area contributed by atoms with Crippen molar-refractivity contribution in [2.24, 2.45) is 0 Å². The second kappa shape index (κ2) is 6.77. The van der Waals surface area contributed by atoms with Gasteiger partial charge in [-0.05, 0) is 46.0 Å². The maximum Gasteiger partial charge on any atom is 0.0207 e. The van der Waals surface area contributed by atoms with Crippen LogP contribution in [0.25, 0.3) is 0 Å². The van der Waals surface area contributed by atoms with Crippen molar-refractivity contribution in [3.05, 3.63) is 0 Å². The van der Waals surface area contributed by atoms with Crippen molar-refractivity contribution in [1.82, 2.24) is 10.2 Å². The molecule has 1 rings (SSSR count). The molecule has 2 nitrogen and oxygen atoms in total. The smallest absolute Gasteiger partial charge is 0.0207 e. The summed E-state index contributed by atoms with van der Waals surface area (Å²) in [5, 5.41) is 4.47. The molecule has 1 heterocycles. The summed E-state index contributed by atoms with van der Waals surface area (Å²) in [5.74, 6) is 0. The average Bonchev–Trinajstić information content (AvgIpc) is 2.66. The minimum atomic E-state index is 0.710. The summed E-state index contributed by atoms with van der Waals surface area (Å²) in [7, 11) is 0. The van der Waals surface area contributed by atoms with Crippen LogP contribution in [-0.2, 0) is 0 Å². The van der Waals surface area contributed by atoms with Gasteiger partial charge in [-0.25, -0.2) is 0 Å². The number of hydrogen-bond donors (Lipinski definition) is 1. The molecule has 0 saturated carbocycles. The Balaban J connectivity index is 2.09. The van der Waals surface area contributed by atoms with E-state index >= 15 is 0 Å². The first-order valence-corrected chi connectivity index (χ1v) is 7.42. The fourth-order valence-corrected chi connectivity index (χ4v) is 2.39. The van der Waals surface area contributed by atoms with Gasteiger partial charge < -0.3 is 5.32 Å². The van der Waals surface area contributed by atoms with Gasteiger partial charge >= 0.3 is 0 Å². The number of hydrogen-bond acceptors (Lipinski definition) is 3. The molecular formula is C12H26N2S. The molecule has 1 saturated heterocycles. The average molecular weight is 230 g/mol. The molecule has 0 bridgehead atoms. The van der Waals surface area contributed by atoms with Crippen LogP contribution in [0.4, 0.5) is 0 Å². The monoisotopic (exact) mass is 230 g/mol. The van der Waals surface area contributed by atoms with Crippen molar-refractivity contribution >= 4 is 11.8 Å². The molecule has 0 aromatic heterocycles. The Morgan fingerprint density at radius 2 is 2.13 bits per heavy atom. The molecule has 3 heteroatoms. The first-order valence-electron chi connectivity index (χ1n) is 6.13. The summed E-state index contributed by atoms with van der Waals surface area (Å²) in [6.07, 6.45) is 4.81. The quantitative estimate of drug-likeness (QED) is 0.753.